The fourth-order valence-electron chi connectivity index (χ4n) is 1.57. The molecule has 0 aliphatic carbocycles. The van der Waals surface area contributed by atoms with E-state index in [0.29, 0.717) is 6.04 Å². The number of piperidine rings is 1. The van der Waals surface area contributed by atoms with Crippen LogP contribution in [-0.2, 0) is 0 Å². The van der Waals surface area contributed by atoms with Crippen molar-refractivity contribution < 1.29 is 0 Å². The topological polar surface area (TPSA) is 39.1 Å². The summed E-state index contributed by atoms with van der Waals surface area (Å²) in [5, 5.41) is 11.0. The summed E-state index contributed by atoms with van der Waals surface area (Å²) in [5.41, 5.74) is 0. The van der Waals surface area contributed by atoms with Crippen molar-refractivity contribution in [1.29, 1.82) is 5.26 Å². The van der Waals surface area contributed by atoms with Gasteiger partial charge in [-0.05, 0) is 26.4 Å². The smallest absolute Gasteiger partial charge is 0.176 e. The highest BCUT2D eigenvalue weighted by Gasteiger charge is 2.17. The van der Waals surface area contributed by atoms with E-state index in [-0.39, 0.29) is 0 Å². The second-order valence-electron chi connectivity index (χ2n) is 3.12. The van der Waals surface area contributed by atoms with E-state index in [2.05, 4.69) is 17.3 Å². The number of likely N-dealkylation sites (N-methyl/N-ethyl adjacent to an activating group) is 1. The SMILES string of the molecule is CN1CCCCC1CNC#N. The van der Waals surface area contributed by atoms with Crippen LogP contribution in [0.4, 0.5) is 0 Å². The number of likely N-dealkylation sites (tertiary alicyclic amines) is 1. The minimum absolute atomic E-state index is 0.573. The Kier molecular flexibility index (Phi) is 3.18. The second kappa shape index (κ2) is 4.20. The van der Waals surface area contributed by atoms with E-state index in [1.165, 1.54) is 25.8 Å². The maximum Gasteiger partial charge on any atom is 0.176 e. The zero-order valence-electron chi connectivity index (χ0n) is 7.01. The van der Waals surface area contributed by atoms with Crippen LogP contribution >= 0.6 is 0 Å². The molecule has 1 heterocycles. The highest BCUT2D eigenvalue weighted by Crippen LogP contribution is 2.13. The highest BCUT2D eigenvalue weighted by molar-refractivity contribution is 4.79. The molecule has 1 rings (SSSR count). The molecule has 0 radical (unpaired) electrons. The second-order valence-corrected chi connectivity index (χ2v) is 3.12. The van der Waals surface area contributed by atoms with E-state index in [0.717, 1.165) is 6.54 Å². The maximum atomic E-state index is 8.30. The quantitative estimate of drug-likeness (QED) is 0.465. The minimum atomic E-state index is 0.573. The molecule has 1 N–H and O–H groups in total. The zero-order valence-corrected chi connectivity index (χ0v) is 7.01. The van der Waals surface area contributed by atoms with Gasteiger partial charge in [-0.2, -0.15) is 5.26 Å². The van der Waals surface area contributed by atoms with Crippen LogP contribution < -0.4 is 5.32 Å². The summed E-state index contributed by atoms with van der Waals surface area (Å²) in [6.07, 6.45) is 5.80. The van der Waals surface area contributed by atoms with Gasteiger partial charge in [-0.25, -0.2) is 0 Å². The molecule has 11 heavy (non-hydrogen) atoms. The lowest BCUT2D eigenvalue weighted by Gasteiger charge is -2.31. The Morgan fingerprint density at radius 1 is 1.64 bits per heavy atom. The summed E-state index contributed by atoms with van der Waals surface area (Å²) >= 11 is 0. The average molecular weight is 153 g/mol. The Balaban J connectivity index is 2.25. The first-order chi connectivity index (χ1) is 5.34. The fourth-order valence-corrected chi connectivity index (χ4v) is 1.57. The van der Waals surface area contributed by atoms with Gasteiger partial charge in [-0.15, -0.1) is 0 Å². The van der Waals surface area contributed by atoms with Crippen molar-refractivity contribution in [3.63, 3.8) is 0 Å². The molecule has 0 aromatic heterocycles. The van der Waals surface area contributed by atoms with Crippen molar-refractivity contribution >= 4 is 0 Å². The van der Waals surface area contributed by atoms with E-state index in [4.69, 9.17) is 5.26 Å². The number of nitrogens with one attached hydrogen (secondary N) is 1. The third-order valence-electron chi connectivity index (χ3n) is 2.34. The average Bonchev–Trinajstić information content (AvgIpc) is 2.03. The Hall–Kier alpha value is -0.750. The Bertz CT molecular complexity index is 150. The Labute approximate surface area is 68.0 Å². The fraction of sp³-hybridized carbons (Fsp3) is 0.875. The van der Waals surface area contributed by atoms with E-state index in [9.17, 15) is 0 Å². The summed E-state index contributed by atoms with van der Waals surface area (Å²) < 4.78 is 0. The molecule has 0 spiro atoms. The van der Waals surface area contributed by atoms with Crippen LogP contribution in [0.25, 0.3) is 0 Å². The van der Waals surface area contributed by atoms with Crippen molar-refractivity contribution in [2.45, 2.75) is 25.3 Å². The van der Waals surface area contributed by atoms with E-state index < -0.39 is 0 Å². The molecule has 0 aromatic carbocycles. The van der Waals surface area contributed by atoms with Gasteiger partial charge in [-0.3, -0.25) is 0 Å². The molecule has 1 saturated heterocycles. The van der Waals surface area contributed by atoms with Crippen LogP contribution in [-0.4, -0.2) is 31.1 Å². The van der Waals surface area contributed by atoms with Gasteiger partial charge in [0.1, 0.15) is 0 Å². The van der Waals surface area contributed by atoms with Crippen molar-refractivity contribution in [3.8, 4) is 6.19 Å². The first-order valence-corrected chi connectivity index (χ1v) is 4.17. The van der Waals surface area contributed by atoms with Gasteiger partial charge in [0.05, 0.1) is 0 Å². The van der Waals surface area contributed by atoms with Gasteiger partial charge in [0.2, 0.25) is 0 Å². The molecule has 1 aliphatic heterocycles. The highest BCUT2D eigenvalue weighted by atomic mass is 15.1. The molecule has 0 amide bonds. The minimum Gasteiger partial charge on any atom is -0.322 e. The lowest BCUT2D eigenvalue weighted by molar-refractivity contribution is 0.186. The van der Waals surface area contributed by atoms with Gasteiger partial charge < -0.3 is 10.2 Å². The Morgan fingerprint density at radius 2 is 2.45 bits per heavy atom. The maximum absolute atomic E-state index is 8.30. The van der Waals surface area contributed by atoms with Crippen LogP contribution in [0.5, 0.6) is 0 Å². The molecule has 1 unspecified atom stereocenters. The van der Waals surface area contributed by atoms with E-state index in [1.54, 1.807) is 0 Å². The Morgan fingerprint density at radius 3 is 3.09 bits per heavy atom. The van der Waals surface area contributed by atoms with Crippen LogP contribution in [0.2, 0.25) is 0 Å². The first kappa shape index (κ1) is 8.35. The van der Waals surface area contributed by atoms with Gasteiger partial charge in [0, 0.05) is 12.6 Å². The monoisotopic (exact) mass is 153 g/mol. The molecule has 0 aromatic rings. The van der Waals surface area contributed by atoms with Crippen LogP contribution in [0.1, 0.15) is 19.3 Å². The predicted octanol–water partition coefficient (Wildman–Crippen LogP) is 0.541. The first-order valence-electron chi connectivity index (χ1n) is 4.17. The molecule has 3 heteroatoms. The molecule has 3 nitrogen and oxygen atoms in total. The summed E-state index contributed by atoms with van der Waals surface area (Å²) in [4.78, 5) is 2.33. The molecule has 0 bridgehead atoms. The van der Waals surface area contributed by atoms with E-state index >= 15 is 0 Å². The van der Waals surface area contributed by atoms with Crippen LogP contribution in [0.15, 0.2) is 0 Å². The van der Waals surface area contributed by atoms with Gasteiger partial charge >= 0.3 is 0 Å². The van der Waals surface area contributed by atoms with Gasteiger partial charge in [0.25, 0.3) is 0 Å². The molecular formula is C8H15N3. The molecular weight excluding hydrogens is 138 g/mol. The third kappa shape index (κ3) is 2.39. The van der Waals surface area contributed by atoms with Gasteiger partial charge in [0.15, 0.2) is 6.19 Å². The number of hydrogen-bond acceptors (Lipinski definition) is 3. The lowest BCUT2D eigenvalue weighted by atomic mass is 10.0. The van der Waals surface area contributed by atoms with Crippen molar-refractivity contribution in [1.82, 2.24) is 10.2 Å². The van der Waals surface area contributed by atoms with E-state index in [1.807, 2.05) is 6.19 Å². The largest absolute Gasteiger partial charge is 0.322 e. The molecule has 1 aliphatic rings. The number of rotatable bonds is 2. The molecule has 1 atom stereocenters. The summed E-state index contributed by atoms with van der Waals surface area (Å²) in [5.74, 6) is 0. The van der Waals surface area contributed by atoms with Gasteiger partial charge in [-0.1, -0.05) is 6.42 Å². The molecule has 1 fully saturated rings. The summed E-state index contributed by atoms with van der Waals surface area (Å²) in [6, 6.07) is 0.573. The standard InChI is InChI=1S/C8H15N3/c1-11-5-3-2-4-8(11)6-10-7-9/h8,10H,2-6H2,1H3. The summed E-state index contributed by atoms with van der Waals surface area (Å²) in [7, 11) is 2.13. The van der Waals surface area contributed by atoms with Crippen molar-refractivity contribution in [3.05, 3.63) is 0 Å². The summed E-state index contributed by atoms with van der Waals surface area (Å²) in [6.45, 7) is 1.99. The predicted molar refractivity (Wildman–Crippen MR) is 43.9 cm³/mol. The van der Waals surface area contributed by atoms with Crippen molar-refractivity contribution in [2.24, 2.45) is 0 Å². The third-order valence-corrected chi connectivity index (χ3v) is 2.34. The van der Waals surface area contributed by atoms with Crippen LogP contribution in [0, 0.1) is 11.5 Å². The number of hydrogen-bond donors (Lipinski definition) is 1. The zero-order chi connectivity index (χ0) is 8.10. The normalized spacial score (nSPS) is 26.0. The lowest BCUT2D eigenvalue weighted by Crippen LogP contribution is -2.42. The van der Waals surface area contributed by atoms with Crippen LogP contribution in [0.3, 0.4) is 0 Å². The number of nitrogens with zero attached hydrogens (tertiary/aromatic N) is 2. The number of nitriles is 1. The molecule has 62 valence electrons. The molecule has 0 saturated carbocycles. The van der Waals surface area contributed by atoms with Crippen molar-refractivity contribution in [2.75, 3.05) is 20.1 Å².